The van der Waals surface area contributed by atoms with E-state index in [1.54, 1.807) is 36.9 Å². The first-order valence-electron chi connectivity index (χ1n) is 23.5. The molecule has 3 aromatic heterocycles. The molecule has 7 rings (SSSR count). The van der Waals surface area contributed by atoms with Crippen LogP contribution in [0.15, 0.2) is 101 Å². The second kappa shape index (κ2) is 24.5. The van der Waals surface area contributed by atoms with E-state index in [0.29, 0.717) is 26.4 Å². The summed E-state index contributed by atoms with van der Waals surface area (Å²) in [4.78, 5) is 16.9. The molecule has 0 unspecified atom stereocenters. The molecule has 0 bridgehead atoms. The second-order valence-corrected chi connectivity index (χ2v) is 23.7. The number of rotatable bonds is 16. The molecule has 3 aromatic carbocycles. The minimum Gasteiger partial charge on any atom is -0.382 e. The fourth-order valence-corrected chi connectivity index (χ4v) is 12.6. The van der Waals surface area contributed by atoms with Crippen molar-refractivity contribution in [1.82, 2.24) is 14.4 Å². The summed E-state index contributed by atoms with van der Waals surface area (Å²) in [6.45, 7) is 17.2. The summed E-state index contributed by atoms with van der Waals surface area (Å²) < 4.78 is 23.9. The molecule has 0 fully saturated rings. The number of nitrogens with zero attached hydrogens (tertiary/aromatic N) is 4. The van der Waals surface area contributed by atoms with E-state index in [4.69, 9.17) is 33.9 Å². The Morgan fingerprint density at radius 3 is 1.61 bits per heavy atom. The molecule has 0 radical (unpaired) electrons. The molecular formula is C57H59BN4O4S2Si. The van der Waals surface area contributed by atoms with Gasteiger partial charge in [-0.05, 0) is 111 Å². The van der Waals surface area contributed by atoms with Crippen molar-refractivity contribution in [1.29, 1.82) is 0 Å². The van der Waals surface area contributed by atoms with Gasteiger partial charge in [0.05, 0.1) is 32.1 Å². The van der Waals surface area contributed by atoms with Crippen LogP contribution in [0.3, 0.4) is 0 Å². The van der Waals surface area contributed by atoms with Crippen molar-refractivity contribution >= 4 is 58.5 Å². The number of ether oxygens (including phenoxy) is 4. The van der Waals surface area contributed by atoms with Gasteiger partial charge < -0.3 is 23.4 Å². The van der Waals surface area contributed by atoms with Gasteiger partial charge >= 0.3 is 6.85 Å². The Morgan fingerprint density at radius 1 is 0.652 bits per heavy atom. The van der Waals surface area contributed by atoms with Crippen molar-refractivity contribution in [2.24, 2.45) is 4.99 Å². The first kappa shape index (κ1) is 50.8. The van der Waals surface area contributed by atoms with Crippen LogP contribution in [-0.2, 0) is 18.9 Å². The Balaban J connectivity index is 1.10. The van der Waals surface area contributed by atoms with Crippen LogP contribution < -0.4 is 0 Å². The number of fused-ring (bicyclic) bond motifs is 1. The Labute approximate surface area is 418 Å². The maximum absolute atomic E-state index is 5.70. The number of aromatic nitrogens is 3. The minimum atomic E-state index is -1.49. The lowest BCUT2D eigenvalue weighted by molar-refractivity contribution is 0.0877. The number of benzene rings is 3. The zero-order chi connectivity index (χ0) is 48.8. The zero-order valence-corrected chi connectivity index (χ0v) is 43.9. The molecule has 0 atom stereocenters. The molecule has 0 amide bonds. The molecule has 69 heavy (non-hydrogen) atoms. The Kier molecular flexibility index (Phi) is 18.1. The molecule has 0 aliphatic carbocycles. The number of hydrogen-bond donors (Lipinski definition) is 0. The molecule has 0 saturated heterocycles. The van der Waals surface area contributed by atoms with E-state index in [0.717, 1.165) is 92.6 Å². The van der Waals surface area contributed by atoms with Crippen LogP contribution >= 0.6 is 22.7 Å². The number of aryl methyl sites for hydroxylation is 2. The van der Waals surface area contributed by atoms with Crippen molar-refractivity contribution in [2.45, 2.75) is 66.6 Å². The standard InChI is InChI=1S/C57H59BN4O4S2Si/c1-10-69(11-2,12-3)38-29-47-21-27-50(28-22-47)55-61-57-56(68-55)60-54(67-57)49-25-19-46(20-26-49)16-15-45-17-23-48(24-18-45)51(52-41(4)39-43(6)59-52)53-42(5)40-44(7)62(53)58(30-13-32-65-36-34-63-8)31-14-33-66-37-35-64-9/h17-28,39-40H,10-12,32-37H2,1-9H3/b52-51-. The first-order chi connectivity index (χ1) is 33.6. The van der Waals surface area contributed by atoms with Gasteiger partial charge in [-0.1, -0.05) is 109 Å². The molecule has 0 spiro atoms. The SMILES string of the molecule is CC[Si](C#Cc1ccc(-c2nc3sc(-c4ccc(C#Cc5ccc(/C(=C6/N=C(C)C=C6C)c6c(C)cc(C)n6B(C#CCOCCOC)C#CCOCCOC)cc5)cc4)nc3s2)cc1)(CC)CC. The van der Waals surface area contributed by atoms with Crippen LogP contribution in [0.5, 0.6) is 0 Å². The number of thiazole rings is 2. The molecule has 12 heteroatoms. The molecule has 6 aromatic rings. The molecule has 1 aliphatic heterocycles. The van der Waals surface area contributed by atoms with Gasteiger partial charge in [-0.15, -0.1) is 17.2 Å². The van der Waals surface area contributed by atoms with Gasteiger partial charge in [0.15, 0.2) is 9.66 Å². The van der Waals surface area contributed by atoms with E-state index in [2.05, 4.69) is 178 Å². The van der Waals surface area contributed by atoms with E-state index in [1.165, 1.54) is 18.1 Å². The normalized spacial score (nSPS) is 12.8. The van der Waals surface area contributed by atoms with Crippen LogP contribution in [0.2, 0.25) is 18.1 Å². The highest BCUT2D eigenvalue weighted by Crippen LogP contribution is 2.38. The average molecular weight is 967 g/mol. The van der Waals surface area contributed by atoms with Gasteiger partial charge in [-0.2, -0.15) is 0 Å². The van der Waals surface area contributed by atoms with Crippen molar-refractivity contribution in [3.63, 3.8) is 0 Å². The van der Waals surface area contributed by atoms with E-state index in [-0.39, 0.29) is 13.2 Å². The minimum absolute atomic E-state index is 0.266. The molecule has 4 heterocycles. The van der Waals surface area contributed by atoms with Crippen molar-refractivity contribution in [2.75, 3.05) is 53.9 Å². The number of methoxy groups -OCH3 is 2. The lowest BCUT2D eigenvalue weighted by Crippen LogP contribution is -2.29. The molecule has 8 nitrogen and oxygen atoms in total. The lowest BCUT2D eigenvalue weighted by atomic mass is 9.63. The van der Waals surface area contributed by atoms with Gasteiger partial charge in [0.1, 0.15) is 31.3 Å². The Bertz CT molecular complexity index is 3040. The van der Waals surface area contributed by atoms with E-state index < -0.39 is 14.9 Å². The maximum atomic E-state index is 5.70. The van der Waals surface area contributed by atoms with Crippen molar-refractivity contribution in [3.8, 4) is 67.9 Å². The number of hydrogen-bond acceptors (Lipinski definition) is 9. The van der Waals surface area contributed by atoms with Crippen LogP contribution in [0.25, 0.3) is 36.4 Å². The quantitative estimate of drug-likeness (QED) is 0.0546. The largest absolute Gasteiger partial charge is 0.433 e. The summed E-state index contributed by atoms with van der Waals surface area (Å²) in [7, 11) is 1.82. The first-order valence-corrected chi connectivity index (χ1v) is 27.8. The highest BCUT2D eigenvalue weighted by atomic mass is 32.1. The fourth-order valence-electron chi connectivity index (χ4n) is 8.12. The smallest absolute Gasteiger partial charge is 0.382 e. The van der Waals surface area contributed by atoms with Gasteiger partial charge in [0.25, 0.3) is 0 Å². The van der Waals surface area contributed by atoms with Gasteiger partial charge in [-0.3, -0.25) is 4.99 Å². The van der Waals surface area contributed by atoms with Gasteiger partial charge in [-0.25, -0.2) is 9.97 Å². The van der Waals surface area contributed by atoms with E-state index in [1.807, 2.05) is 6.92 Å². The summed E-state index contributed by atoms with van der Waals surface area (Å²) in [6.07, 6.45) is 2.13. The third kappa shape index (κ3) is 12.8. The van der Waals surface area contributed by atoms with Crippen LogP contribution in [0.4, 0.5) is 0 Å². The molecular weight excluding hydrogens is 908 g/mol. The summed E-state index contributed by atoms with van der Waals surface area (Å²) in [6, 6.07) is 31.0. The monoisotopic (exact) mass is 966 g/mol. The van der Waals surface area contributed by atoms with Gasteiger partial charge in [0, 0.05) is 64.7 Å². The van der Waals surface area contributed by atoms with Crippen LogP contribution in [0.1, 0.15) is 73.8 Å². The molecule has 0 saturated carbocycles. The Morgan fingerprint density at radius 2 is 1.14 bits per heavy atom. The maximum Gasteiger partial charge on any atom is 0.433 e. The number of allylic oxidation sites excluding steroid dienone is 2. The summed E-state index contributed by atoms with van der Waals surface area (Å²) in [5, 5.41) is 1.93. The van der Waals surface area contributed by atoms with Gasteiger partial charge in [0.2, 0.25) is 0 Å². The predicted octanol–water partition coefficient (Wildman–Crippen LogP) is 11.7. The highest BCUT2D eigenvalue weighted by Gasteiger charge is 2.27. The summed E-state index contributed by atoms with van der Waals surface area (Å²) in [5.74, 6) is 23.5. The van der Waals surface area contributed by atoms with E-state index in [9.17, 15) is 0 Å². The second-order valence-electron chi connectivity index (χ2n) is 16.8. The molecule has 0 N–H and O–H groups in total. The topological polar surface area (TPSA) is 80.0 Å². The lowest BCUT2D eigenvalue weighted by Gasteiger charge is -2.19. The zero-order valence-electron chi connectivity index (χ0n) is 41.3. The Hall–Kier alpha value is -6.03. The van der Waals surface area contributed by atoms with Crippen molar-refractivity contribution in [3.05, 3.63) is 135 Å². The third-order valence-electron chi connectivity index (χ3n) is 12.2. The van der Waals surface area contributed by atoms with Crippen LogP contribution in [0, 0.1) is 60.6 Å². The van der Waals surface area contributed by atoms with Crippen molar-refractivity contribution < 1.29 is 18.9 Å². The summed E-state index contributed by atoms with van der Waals surface area (Å²) >= 11 is 3.25. The third-order valence-corrected chi connectivity index (χ3v) is 19.0. The van der Waals surface area contributed by atoms with E-state index >= 15 is 0 Å². The highest BCUT2D eigenvalue weighted by molar-refractivity contribution is 7.29. The molecule has 1 aliphatic rings. The molecule has 350 valence electrons. The summed E-state index contributed by atoms with van der Waals surface area (Å²) in [5.41, 5.74) is 16.9. The predicted molar refractivity (Wildman–Crippen MR) is 292 cm³/mol. The number of aliphatic imine (C=N–C) groups is 1. The fraction of sp³-hybridized carbons (Fsp3) is 0.316. The average Bonchev–Trinajstić information content (AvgIpc) is 4.12. The van der Waals surface area contributed by atoms with Crippen LogP contribution in [-0.4, -0.2) is 88.9 Å².